The lowest BCUT2D eigenvalue weighted by molar-refractivity contribution is -0.133. The number of carbonyl (C=O) groups is 2. The van der Waals surface area contributed by atoms with E-state index >= 15 is 0 Å². The molecule has 0 spiro atoms. The van der Waals surface area contributed by atoms with Crippen LogP contribution < -0.4 is 4.90 Å². The molecular weight excluding hydrogens is 446 g/mol. The van der Waals surface area contributed by atoms with Crippen molar-refractivity contribution in [1.82, 2.24) is 19.8 Å². The van der Waals surface area contributed by atoms with Gasteiger partial charge in [-0.15, -0.1) is 0 Å². The number of nitrogens with zero attached hydrogens (tertiary/aromatic N) is 5. The second-order valence-electron chi connectivity index (χ2n) is 9.02. The molecule has 1 atom stereocenters. The molecule has 0 aliphatic carbocycles. The highest BCUT2D eigenvalue weighted by Crippen LogP contribution is 2.25. The molecule has 9 heteroatoms. The molecule has 178 valence electrons. The number of hydrogen-bond donors (Lipinski definition) is 0. The van der Waals surface area contributed by atoms with Gasteiger partial charge in [0.2, 0.25) is 11.8 Å². The molecule has 3 rings (SSSR count). The Morgan fingerprint density at radius 1 is 1.09 bits per heavy atom. The van der Waals surface area contributed by atoms with Crippen molar-refractivity contribution < 1.29 is 9.59 Å². The predicted molar refractivity (Wildman–Crippen MR) is 130 cm³/mol. The fourth-order valence-corrected chi connectivity index (χ4v) is 5.28. The first-order valence-corrected chi connectivity index (χ1v) is 13.2. The Hall–Kier alpha value is -1.54. The first-order valence-electron chi connectivity index (χ1n) is 11.9. The first-order chi connectivity index (χ1) is 15.4. The zero-order chi connectivity index (χ0) is 23.1. The molecule has 0 unspecified atom stereocenters. The summed E-state index contributed by atoms with van der Waals surface area (Å²) >= 11 is 7.63. The maximum atomic E-state index is 12.6. The van der Waals surface area contributed by atoms with E-state index in [2.05, 4.69) is 35.6 Å². The fourth-order valence-electron chi connectivity index (χ4n) is 4.29. The van der Waals surface area contributed by atoms with E-state index in [0.717, 1.165) is 51.0 Å². The Morgan fingerprint density at radius 3 is 2.53 bits per heavy atom. The first kappa shape index (κ1) is 25.1. The van der Waals surface area contributed by atoms with Crippen molar-refractivity contribution >= 4 is 41.0 Å². The lowest BCUT2D eigenvalue weighted by Gasteiger charge is -2.40. The van der Waals surface area contributed by atoms with Crippen molar-refractivity contribution in [2.24, 2.45) is 5.92 Å². The molecule has 0 radical (unpaired) electrons. The summed E-state index contributed by atoms with van der Waals surface area (Å²) in [5, 5.41) is 0.902. The molecule has 2 saturated heterocycles. The molecule has 2 fully saturated rings. The second-order valence-corrected chi connectivity index (χ2v) is 10.4. The van der Waals surface area contributed by atoms with Gasteiger partial charge in [-0.2, -0.15) is 0 Å². The summed E-state index contributed by atoms with van der Waals surface area (Å²) in [6.45, 7) is 10.2. The molecule has 2 amide bonds. The minimum absolute atomic E-state index is 0.116. The largest absolute Gasteiger partial charge is 0.353 e. The third kappa shape index (κ3) is 6.98. The number of likely N-dealkylation sites (tertiary alicyclic amines) is 1. The van der Waals surface area contributed by atoms with Gasteiger partial charge in [-0.3, -0.25) is 9.59 Å². The molecule has 0 N–H and O–H groups in total. The number of unbranched alkanes of at least 4 members (excludes halogenated alkanes) is 2. The number of piperidine rings is 1. The number of thioether (sulfide) groups is 1. The van der Waals surface area contributed by atoms with Crippen LogP contribution in [-0.4, -0.2) is 76.1 Å². The van der Waals surface area contributed by atoms with E-state index in [0.29, 0.717) is 48.0 Å². The Balaban J connectivity index is 1.55. The fraction of sp³-hybridized carbons (Fsp3) is 0.739. The Labute approximate surface area is 201 Å². The van der Waals surface area contributed by atoms with Crippen LogP contribution in [-0.2, 0) is 9.59 Å². The van der Waals surface area contributed by atoms with Crippen molar-refractivity contribution in [3.05, 3.63) is 11.2 Å². The number of amides is 2. The van der Waals surface area contributed by atoms with Crippen LogP contribution in [0.4, 0.5) is 5.82 Å². The molecule has 7 nitrogen and oxygen atoms in total. The maximum Gasteiger partial charge on any atom is 0.233 e. The summed E-state index contributed by atoms with van der Waals surface area (Å²) in [6.07, 6.45) is 5.94. The summed E-state index contributed by atoms with van der Waals surface area (Å²) in [7, 11) is 0. The molecular formula is C23H36ClN5O2S. The molecule has 3 heterocycles. The predicted octanol–water partition coefficient (Wildman–Crippen LogP) is 4.10. The maximum absolute atomic E-state index is 12.6. The monoisotopic (exact) mass is 481 g/mol. The third-order valence-electron chi connectivity index (χ3n) is 6.39. The van der Waals surface area contributed by atoms with E-state index in [4.69, 9.17) is 11.6 Å². The Morgan fingerprint density at radius 2 is 1.84 bits per heavy atom. The van der Waals surface area contributed by atoms with Crippen LogP contribution in [0.3, 0.4) is 0 Å². The minimum Gasteiger partial charge on any atom is -0.353 e. The van der Waals surface area contributed by atoms with Crippen LogP contribution in [0.1, 0.15) is 59.3 Å². The Kier molecular flexibility index (Phi) is 9.46. The van der Waals surface area contributed by atoms with Gasteiger partial charge in [-0.1, -0.05) is 50.1 Å². The van der Waals surface area contributed by atoms with Gasteiger partial charge >= 0.3 is 0 Å². The number of aromatic nitrogens is 2. The molecule has 32 heavy (non-hydrogen) atoms. The van der Waals surface area contributed by atoms with E-state index in [1.807, 2.05) is 9.80 Å². The molecule has 1 aromatic rings. The summed E-state index contributed by atoms with van der Waals surface area (Å²) in [4.78, 5) is 40.2. The van der Waals surface area contributed by atoms with Crippen LogP contribution in [0.25, 0.3) is 0 Å². The highest BCUT2D eigenvalue weighted by molar-refractivity contribution is 7.99. The summed E-state index contributed by atoms with van der Waals surface area (Å²) in [6, 6.07) is 1.89. The average molecular weight is 482 g/mol. The number of hydrogen-bond acceptors (Lipinski definition) is 6. The summed E-state index contributed by atoms with van der Waals surface area (Å²) in [5.74, 6) is 2.16. The van der Waals surface area contributed by atoms with Crippen LogP contribution in [0.5, 0.6) is 0 Å². The van der Waals surface area contributed by atoms with E-state index in [9.17, 15) is 9.59 Å². The molecule has 1 aromatic heterocycles. The number of carbonyl (C=O) groups excluding carboxylic acids is 2. The van der Waals surface area contributed by atoms with Gasteiger partial charge in [0, 0.05) is 51.3 Å². The van der Waals surface area contributed by atoms with Crippen LogP contribution in [0.15, 0.2) is 11.2 Å². The van der Waals surface area contributed by atoms with E-state index in [1.165, 1.54) is 11.8 Å². The van der Waals surface area contributed by atoms with Gasteiger partial charge in [0.15, 0.2) is 5.16 Å². The SMILES string of the molecule is CCCCCC(=O)N1CCN(c2cc(Cl)nc(SCC(=O)N3CCC(C)CC3)n2)C[C@H]1C. The van der Waals surface area contributed by atoms with Crippen LogP contribution >= 0.6 is 23.4 Å². The van der Waals surface area contributed by atoms with Crippen molar-refractivity contribution in [2.45, 2.75) is 70.5 Å². The van der Waals surface area contributed by atoms with E-state index in [1.54, 1.807) is 6.07 Å². The molecule has 0 aromatic carbocycles. The smallest absolute Gasteiger partial charge is 0.233 e. The lowest BCUT2D eigenvalue weighted by Crippen LogP contribution is -2.54. The van der Waals surface area contributed by atoms with Gasteiger partial charge in [0.1, 0.15) is 11.0 Å². The number of rotatable bonds is 8. The lowest BCUT2D eigenvalue weighted by atomic mass is 9.99. The van der Waals surface area contributed by atoms with Crippen molar-refractivity contribution in [2.75, 3.05) is 43.4 Å². The molecule has 0 saturated carbocycles. The number of anilines is 1. The zero-order valence-corrected chi connectivity index (χ0v) is 21.1. The van der Waals surface area contributed by atoms with Crippen LogP contribution in [0, 0.1) is 5.92 Å². The molecule has 0 bridgehead atoms. The normalized spacial score (nSPS) is 20.0. The highest BCUT2D eigenvalue weighted by Gasteiger charge is 2.28. The van der Waals surface area contributed by atoms with Gasteiger partial charge in [-0.25, -0.2) is 9.97 Å². The van der Waals surface area contributed by atoms with Crippen molar-refractivity contribution in [3.63, 3.8) is 0 Å². The molecule has 2 aliphatic rings. The quantitative estimate of drug-likeness (QED) is 0.241. The third-order valence-corrected chi connectivity index (χ3v) is 7.41. The minimum atomic E-state index is 0.116. The van der Waals surface area contributed by atoms with E-state index in [-0.39, 0.29) is 17.9 Å². The topological polar surface area (TPSA) is 69.6 Å². The summed E-state index contributed by atoms with van der Waals surface area (Å²) < 4.78 is 0. The van der Waals surface area contributed by atoms with Gasteiger partial charge in [-0.05, 0) is 32.1 Å². The second kappa shape index (κ2) is 12.1. The average Bonchev–Trinajstić information content (AvgIpc) is 2.77. The van der Waals surface area contributed by atoms with Crippen LogP contribution in [0.2, 0.25) is 5.15 Å². The standard InChI is InChI=1S/C23H36ClN5O2S/c1-4-5-6-7-21(30)29-13-12-28(15-18(29)3)20-14-19(24)25-23(26-20)32-16-22(31)27-10-8-17(2)9-11-27/h14,17-18H,4-13,15-16H2,1-3H3/t18-/m1/s1. The van der Waals surface area contributed by atoms with Gasteiger partial charge in [0.25, 0.3) is 0 Å². The van der Waals surface area contributed by atoms with Gasteiger partial charge < -0.3 is 14.7 Å². The van der Waals surface area contributed by atoms with E-state index < -0.39 is 0 Å². The highest BCUT2D eigenvalue weighted by atomic mass is 35.5. The summed E-state index contributed by atoms with van der Waals surface area (Å²) in [5.41, 5.74) is 0. The van der Waals surface area contributed by atoms with Gasteiger partial charge in [0.05, 0.1) is 5.75 Å². The number of piperazine rings is 1. The Bertz CT molecular complexity index is 788. The zero-order valence-electron chi connectivity index (χ0n) is 19.6. The van der Waals surface area contributed by atoms with Crippen molar-refractivity contribution in [1.29, 1.82) is 0 Å². The van der Waals surface area contributed by atoms with Crippen molar-refractivity contribution in [3.8, 4) is 0 Å². The number of halogens is 1. The molecule has 2 aliphatic heterocycles.